The molecular formula is C28H31F2N3O2. The van der Waals surface area contributed by atoms with E-state index in [2.05, 4.69) is 22.5 Å². The number of benzene rings is 2. The van der Waals surface area contributed by atoms with Gasteiger partial charge in [-0.2, -0.15) is 0 Å². The van der Waals surface area contributed by atoms with Gasteiger partial charge in [-0.15, -0.1) is 0 Å². The third-order valence-electron chi connectivity index (χ3n) is 7.92. The molecule has 2 heterocycles. The van der Waals surface area contributed by atoms with E-state index >= 15 is 0 Å². The van der Waals surface area contributed by atoms with Crippen molar-refractivity contribution in [1.82, 2.24) is 15.5 Å². The Labute approximate surface area is 204 Å². The average Bonchev–Trinajstić information content (AvgIpc) is 3.37. The van der Waals surface area contributed by atoms with Crippen molar-refractivity contribution in [2.24, 2.45) is 5.92 Å². The van der Waals surface area contributed by atoms with Crippen LogP contribution in [-0.2, 0) is 16.1 Å². The number of nitrogens with zero attached hydrogens (tertiary/aromatic N) is 1. The van der Waals surface area contributed by atoms with Gasteiger partial charge in [0, 0.05) is 42.2 Å². The number of amides is 1. The lowest BCUT2D eigenvalue weighted by molar-refractivity contribution is -0.131. The molecule has 2 aliphatic heterocycles. The Bertz CT molecular complexity index is 1190. The van der Waals surface area contributed by atoms with Crippen LogP contribution >= 0.6 is 0 Å². The fourth-order valence-corrected chi connectivity index (χ4v) is 5.77. The highest BCUT2D eigenvalue weighted by atomic mass is 19.1. The highest BCUT2D eigenvalue weighted by Crippen LogP contribution is 2.39. The van der Waals surface area contributed by atoms with Crippen molar-refractivity contribution in [3.8, 4) is 0 Å². The predicted molar refractivity (Wildman–Crippen MR) is 130 cm³/mol. The topological polar surface area (TPSA) is 61.4 Å². The van der Waals surface area contributed by atoms with Gasteiger partial charge in [0.05, 0.1) is 11.6 Å². The third kappa shape index (κ3) is 4.38. The number of ketones is 1. The lowest BCUT2D eigenvalue weighted by atomic mass is 9.75. The Morgan fingerprint density at radius 1 is 1.17 bits per heavy atom. The maximum absolute atomic E-state index is 15.0. The van der Waals surface area contributed by atoms with Crippen LogP contribution in [0.15, 0.2) is 48.2 Å². The lowest BCUT2D eigenvalue weighted by Crippen LogP contribution is -2.47. The van der Waals surface area contributed by atoms with Gasteiger partial charge >= 0.3 is 0 Å². The first-order valence-corrected chi connectivity index (χ1v) is 12.4. The number of carbonyl (C=O) groups is 2. The first-order valence-electron chi connectivity index (χ1n) is 12.4. The summed E-state index contributed by atoms with van der Waals surface area (Å²) in [5, 5.41) is 6.55. The largest absolute Gasteiger partial charge is 0.366 e. The average molecular weight is 480 g/mol. The van der Waals surface area contributed by atoms with Gasteiger partial charge in [0.2, 0.25) is 0 Å². The molecule has 2 N–H and O–H groups in total. The summed E-state index contributed by atoms with van der Waals surface area (Å²) in [6.07, 6.45) is 3.22. The molecule has 35 heavy (non-hydrogen) atoms. The van der Waals surface area contributed by atoms with Gasteiger partial charge in [-0.3, -0.25) is 9.59 Å². The van der Waals surface area contributed by atoms with Crippen LogP contribution in [0.1, 0.15) is 62.3 Å². The lowest BCUT2D eigenvalue weighted by Gasteiger charge is -2.41. The van der Waals surface area contributed by atoms with Gasteiger partial charge in [-0.25, -0.2) is 8.78 Å². The van der Waals surface area contributed by atoms with Crippen molar-refractivity contribution in [2.75, 3.05) is 6.54 Å². The van der Waals surface area contributed by atoms with Crippen molar-refractivity contribution in [2.45, 2.75) is 64.2 Å². The molecule has 2 aromatic rings. The second kappa shape index (κ2) is 9.53. The highest BCUT2D eigenvalue weighted by Gasteiger charge is 2.39. The molecule has 0 bridgehead atoms. The minimum Gasteiger partial charge on any atom is -0.366 e. The van der Waals surface area contributed by atoms with Gasteiger partial charge < -0.3 is 15.5 Å². The second-order valence-electron chi connectivity index (χ2n) is 9.92. The number of rotatable bonds is 6. The zero-order valence-corrected chi connectivity index (χ0v) is 20.1. The fourth-order valence-electron chi connectivity index (χ4n) is 5.77. The highest BCUT2D eigenvalue weighted by molar-refractivity contribution is 6.21. The Hall–Kier alpha value is -3.06. The van der Waals surface area contributed by atoms with Gasteiger partial charge in [-0.1, -0.05) is 24.3 Å². The molecule has 0 radical (unpaired) electrons. The number of carbonyl (C=O) groups excluding carboxylic acids is 2. The van der Waals surface area contributed by atoms with E-state index < -0.39 is 17.8 Å². The Morgan fingerprint density at radius 2 is 1.97 bits per heavy atom. The molecule has 2 aromatic carbocycles. The minimum absolute atomic E-state index is 0.0582. The summed E-state index contributed by atoms with van der Waals surface area (Å²) >= 11 is 0. The van der Waals surface area contributed by atoms with Crippen LogP contribution < -0.4 is 10.6 Å². The molecule has 1 saturated heterocycles. The molecular weight excluding hydrogens is 448 g/mol. The van der Waals surface area contributed by atoms with Gasteiger partial charge in [0.15, 0.2) is 0 Å². The van der Waals surface area contributed by atoms with Crippen LogP contribution in [0.2, 0.25) is 0 Å². The summed E-state index contributed by atoms with van der Waals surface area (Å²) in [6, 6.07) is 10.5. The Morgan fingerprint density at radius 3 is 2.63 bits per heavy atom. The molecule has 4 atom stereocenters. The van der Waals surface area contributed by atoms with Crippen LogP contribution in [0.4, 0.5) is 8.78 Å². The molecule has 2 unspecified atom stereocenters. The maximum Gasteiger partial charge on any atom is 0.254 e. The molecule has 5 nitrogen and oxygen atoms in total. The molecule has 1 amide bonds. The standard InChI is InChI=1S/C28H31F2N3O2/c1-16(24-10-5-13-31-24)33-15-22-20(8-4-9-23(22)30)26(17(33)2)28(35)32-27(21-11-12-25(21)34)18-6-3-7-19(29)14-18/h3-4,6-9,14,16,21,24,27,31H,5,10-13,15H2,1-2H3,(H,32,35)/t16?,21?,24-,27+/m0/s1. The van der Waals surface area contributed by atoms with Gasteiger partial charge in [-0.05, 0) is 69.0 Å². The van der Waals surface area contributed by atoms with Gasteiger partial charge in [0.1, 0.15) is 17.4 Å². The molecule has 0 aromatic heterocycles. The summed E-state index contributed by atoms with van der Waals surface area (Å²) in [5.74, 6) is -1.47. The maximum atomic E-state index is 15.0. The quantitative estimate of drug-likeness (QED) is 0.641. The van der Waals surface area contributed by atoms with Crippen molar-refractivity contribution in [1.29, 1.82) is 0 Å². The molecule has 5 rings (SSSR count). The summed E-state index contributed by atoms with van der Waals surface area (Å²) in [7, 11) is 0. The van der Waals surface area contributed by atoms with Crippen LogP contribution in [0, 0.1) is 17.6 Å². The summed E-state index contributed by atoms with van der Waals surface area (Å²) < 4.78 is 29.0. The number of hydrogen-bond acceptors (Lipinski definition) is 4. The summed E-state index contributed by atoms with van der Waals surface area (Å²) in [5.41, 5.74) is 2.81. The number of hydrogen-bond donors (Lipinski definition) is 2. The summed E-state index contributed by atoms with van der Waals surface area (Å²) in [4.78, 5) is 28.3. The SMILES string of the molecule is CC1=C(C(=O)N[C@H](c2cccc(F)c2)C2CCC2=O)c2cccc(F)c2CN1C(C)[C@@H]1CCCN1. The molecule has 0 spiro atoms. The normalized spacial score (nSPS) is 23.5. The van der Waals surface area contributed by atoms with Crippen LogP contribution in [0.5, 0.6) is 0 Å². The zero-order valence-electron chi connectivity index (χ0n) is 20.1. The molecule has 2 fully saturated rings. The number of allylic oxidation sites excluding steroid dienone is 1. The monoisotopic (exact) mass is 479 g/mol. The van der Waals surface area contributed by atoms with E-state index in [9.17, 15) is 18.4 Å². The van der Waals surface area contributed by atoms with Crippen molar-refractivity contribution in [3.63, 3.8) is 0 Å². The minimum atomic E-state index is -0.638. The number of Topliss-reactive ketones (excluding diaryl/α,β-unsaturated/α-hetero) is 1. The van der Waals surface area contributed by atoms with E-state index in [0.717, 1.165) is 25.1 Å². The number of halogens is 2. The smallest absolute Gasteiger partial charge is 0.254 e. The van der Waals surface area contributed by atoms with E-state index in [1.807, 2.05) is 6.92 Å². The van der Waals surface area contributed by atoms with E-state index in [1.54, 1.807) is 24.3 Å². The number of fused-ring (bicyclic) bond motifs is 1. The molecule has 1 aliphatic carbocycles. The predicted octanol–water partition coefficient (Wildman–Crippen LogP) is 4.49. The first-order chi connectivity index (χ1) is 16.8. The van der Waals surface area contributed by atoms with E-state index in [0.29, 0.717) is 41.6 Å². The molecule has 7 heteroatoms. The van der Waals surface area contributed by atoms with Crippen molar-refractivity contribution in [3.05, 3.63) is 76.5 Å². The van der Waals surface area contributed by atoms with Crippen LogP contribution in [0.3, 0.4) is 0 Å². The molecule has 3 aliphatic rings. The summed E-state index contributed by atoms with van der Waals surface area (Å²) in [6.45, 7) is 5.35. The van der Waals surface area contributed by atoms with Crippen LogP contribution in [0.25, 0.3) is 5.57 Å². The van der Waals surface area contributed by atoms with E-state index in [1.165, 1.54) is 18.2 Å². The third-order valence-corrected chi connectivity index (χ3v) is 7.92. The van der Waals surface area contributed by atoms with Gasteiger partial charge in [0.25, 0.3) is 5.91 Å². The second-order valence-corrected chi connectivity index (χ2v) is 9.92. The first kappa shape index (κ1) is 23.7. The van der Waals surface area contributed by atoms with Crippen molar-refractivity contribution >= 4 is 17.3 Å². The zero-order chi connectivity index (χ0) is 24.7. The molecule has 1 saturated carbocycles. The van der Waals surface area contributed by atoms with E-state index in [4.69, 9.17) is 0 Å². The Kier molecular flexibility index (Phi) is 6.45. The van der Waals surface area contributed by atoms with E-state index in [-0.39, 0.29) is 29.6 Å². The van der Waals surface area contributed by atoms with Crippen LogP contribution in [-0.4, -0.2) is 35.2 Å². The Balaban J connectivity index is 1.53. The number of nitrogens with one attached hydrogen (secondary N) is 2. The molecule has 184 valence electrons. The van der Waals surface area contributed by atoms with Crippen molar-refractivity contribution < 1.29 is 18.4 Å². The fraction of sp³-hybridized carbons (Fsp3) is 0.429.